The van der Waals surface area contributed by atoms with Gasteiger partial charge in [0.15, 0.2) is 0 Å². The topological polar surface area (TPSA) is 6.48 Å². The molecular formula is C15H25ClN2Si. The first-order valence-corrected chi connectivity index (χ1v) is 9.68. The third kappa shape index (κ3) is 2.75. The lowest BCUT2D eigenvalue weighted by Crippen LogP contribution is -2.75. The van der Waals surface area contributed by atoms with Crippen molar-refractivity contribution in [3.8, 4) is 0 Å². The predicted molar refractivity (Wildman–Crippen MR) is 85.4 cm³/mol. The molecule has 1 fully saturated rings. The Morgan fingerprint density at radius 3 is 1.68 bits per heavy atom. The summed E-state index contributed by atoms with van der Waals surface area (Å²) in [7, 11) is -1.54. The Hall–Kier alpha value is -0.353. The van der Waals surface area contributed by atoms with E-state index in [2.05, 4.69) is 81.0 Å². The van der Waals surface area contributed by atoms with Crippen molar-refractivity contribution < 1.29 is 0 Å². The average molecular weight is 297 g/mol. The lowest BCUT2D eigenvalue weighted by Gasteiger charge is -2.64. The maximum absolute atomic E-state index is 6.79. The third-order valence-corrected chi connectivity index (χ3v) is 7.93. The second-order valence-corrected chi connectivity index (χ2v) is 10.2. The van der Waals surface area contributed by atoms with Crippen LogP contribution >= 0.6 is 11.1 Å². The van der Waals surface area contributed by atoms with Crippen molar-refractivity contribution in [3.05, 3.63) is 35.9 Å². The summed E-state index contributed by atoms with van der Waals surface area (Å²) < 4.78 is 5.02. The molecule has 0 saturated carbocycles. The van der Waals surface area contributed by atoms with Crippen LogP contribution in [0, 0.1) is 0 Å². The van der Waals surface area contributed by atoms with Crippen LogP contribution < -0.4 is 0 Å². The Bertz CT molecular complexity index is 414. The lowest BCUT2D eigenvalue weighted by molar-refractivity contribution is -0.0256. The van der Waals surface area contributed by atoms with Gasteiger partial charge in [-0.1, -0.05) is 30.3 Å². The molecule has 0 aliphatic carbocycles. The summed E-state index contributed by atoms with van der Waals surface area (Å²) in [6.07, 6.45) is 0.315. The maximum atomic E-state index is 6.79. The molecule has 0 spiro atoms. The third-order valence-electron chi connectivity index (χ3n) is 3.63. The number of nitrogens with zero attached hydrogens (tertiary/aromatic N) is 2. The Morgan fingerprint density at radius 1 is 0.895 bits per heavy atom. The van der Waals surface area contributed by atoms with E-state index in [9.17, 15) is 0 Å². The Balaban J connectivity index is 2.39. The monoisotopic (exact) mass is 296 g/mol. The second kappa shape index (κ2) is 4.88. The van der Waals surface area contributed by atoms with Crippen LogP contribution in [0.4, 0.5) is 0 Å². The van der Waals surface area contributed by atoms with E-state index < -0.39 is 8.43 Å². The van der Waals surface area contributed by atoms with Crippen LogP contribution in [0.15, 0.2) is 30.3 Å². The maximum Gasteiger partial charge on any atom is 0.295 e. The normalized spacial score (nSPS) is 26.3. The molecule has 0 aromatic heterocycles. The van der Waals surface area contributed by atoms with Crippen molar-refractivity contribution in [2.45, 2.75) is 58.8 Å². The van der Waals surface area contributed by atoms with E-state index in [4.69, 9.17) is 11.1 Å². The fourth-order valence-corrected chi connectivity index (χ4v) is 7.57. The molecule has 0 bridgehead atoms. The predicted octanol–water partition coefficient (Wildman–Crippen LogP) is 3.86. The fraction of sp³-hybridized carbons (Fsp3) is 0.600. The largest absolute Gasteiger partial charge is 0.295 e. The van der Waals surface area contributed by atoms with Gasteiger partial charge in [-0.25, -0.2) is 0 Å². The van der Waals surface area contributed by atoms with Gasteiger partial charge in [0.05, 0.1) is 6.17 Å². The summed E-state index contributed by atoms with van der Waals surface area (Å²) in [6.45, 7) is 13.5. The van der Waals surface area contributed by atoms with Crippen LogP contribution in [0.2, 0.25) is 0 Å². The van der Waals surface area contributed by atoms with Crippen molar-refractivity contribution >= 4 is 19.5 Å². The van der Waals surface area contributed by atoms with E-state index in [-0.39, 0.29) is 11.1 Å². The van der Waals surface area contributed by atoms with Gasteiger partial charge in [0.2, 0.25) is 0 Å². The van der Waals surface area contributed by atoms with E-state index >= 15 is 0 Å². The lowest BCUT2D eigenvalue weighted by atomic mass is 10.0. The quantitative estimate of drug-likeness (QED) is 0.574. The molecular weight excluding hydrogens is 272 g/mol. The van der Waals surface area contributed by atoms with Gasteiger partial charge >= 0.3 is 0 Å². The molecule has 0 atom stereocenters. The van der Waals surface area contributed by atoms with Gasteiger partial charge in [0, 0.05) is 11.1 Å². The van der Waals surface area contributed by atoms with Crippen molar-refractivity contribution in [3.63, 3.8) is 0 Å². The smallest absolute Gasteiger partial charge is 0.279 e. The summed E-state index contributed by atoms with van der Waals surface area (Å²) in [6, 6.07) is 10.7. The molecule has 0 unspecified atom stereocenters. The van der Waals surface area contributed by atoms with Crippen LogP contribution in [-0.4, -0.2) is 28.6 Å². The molecule has 1 aliphatic heterocycles. The Labute approximate surface area is 123 Å². The molecule has 1 aromatic rings. The zero-order chi connectivity index (χ0) is 14.4. The SMILES string of the molecule is CC(C)(C)N1C(c2ccccc2)N(C(C)(C)C)[SiH]1Cl. The number of rotatable bonds is 1. The summed E-state index contributed by atoms with van der Waals surface area (Å²) >= 11 is 6.79. The molecule has 4 heteroatoms. The highest BCUT2D eigenvalue weighted by Gasteiger charge is 2.55. The molecule has 1 saturated heterocycles. The standard InChI is InChI=1S/C15H25ClN2Si/c1-14(2,3)17-13(12-10-8-7-9-11-12)18(19(17)16)15(4,5)6/h7-11,13,19H,1-6H3. The number of hydrogen-bond acceptors (Lipinski definition) is 2. The number of halogens is 1. The molecule has 2 rings (SSSR count). The van der Waals surface area contributed by atoms with Crippen molar-refractivity contribution in [2.75, 3.05) is 0 Å². The summed E-state index contributed by atoms with van der Waals surface area (Å²) in [5, 5.41) is 0. The number of benzene rings is 1. The second-order valence-electron chi connectivity index (χ2n) is 7.25. The van der Waals surface area contributed by atoms with Gasteiger partial charge in [-0.05, 0) is 47.1 Å². The summed E-state index contributed by atoms with van der Waals surface area (Å²) in [5.41, 5.74) is 1.57. The highest BCUT2D eigenvalue weighted by Crippen LogP contribution is 2.47. The first-order valence-electron chi connectivity index (χ1n) is 6.90. The van der Waals surface area contributed by atoms with Crippen molar-refractivity contribution in [2.24, 2.45) is 0 Å². The molecule has 1 aromatic carbocycles. The van der Waals surface area contributed by atoms with Gasteiger partial charge in [0.1, 0.15) is 0 Å². The van der Waals surface area contributed by atoms with Gasteiger partial charge in [-0.3, -0.25) is 9.13 Å². The molecule has 106 valence electrons. The van der Waals surface area contributed by atoms with Crippen molar-refractivity contribution in [1.29, 1.82) is 0 Å². The zero-order valence-corrected chi connectivity index (χ0v) is 14.7. The van der Waals surface area contributed by atoms with Gasteiger partial charge in [-0.2, -0.15) is 0 Å². The van der Waals surface area contributed by atoms with E-state index in [0.29, 0.717) is 6.17 Å². The van der Waals surface area contributed by atoms with E-state index in [0.717, 1.165) is 0 Å². The first kappa shape index (κ1) is 15.0. The molecule has 0 radical (unpaired) electrons. The van der Waals surface area contributed by atoms with Gasteiger partial charge in [-0.15, -0.1) is 11.1 Å². The van der Waals surface area contributed by atoms with Gasteiger partial charge in [0.25, 0.3) is 8.43 Å². The molecule has 19 heavy (non-hydrogen) atoms. The summed E-state index contributed by atoms with van der Waals surface area (Å²) in [5.74, 6) is 0. The highest BCUT2D eigenvalue weighted by atomic mass is 35.6. The van der Waals surface area contributed by atoms with Gasteiger partial charge < -0.3 is 0 Å². The van der Waals surface area contributed by atoms with Crippen LogP contribution in [-0.2, 0) is 0 Å². The molecule has 0 N–H and O–H groups in total. The molecule has 0 amide bonds. The molecule has 1 aliphatic rings. The molecule has 1 heterocycles. The van der Waals surface area contributed by atoms with Crippen molar-refractivity contribution in [1.82, 2.24) is 9.13 Å². The van der Waals surface area contributed by atoms with Crippen LogP contribution in [0.3, 0.4) is 0 Å². The summed E-state index contributed by atoms with van der Waals surface area (Å²) in [4.78, 5) is 0. The minimum Gasteiger partial charge on any atom is -0.279 e. The van der Waals surface area contributed by atoms with E-state index in [1.54, 1.807) is 0 Å². The van der Waals surface area contributed by atoms with E-state index in [1.165, 1.54) is 5.56 Å². The number of hydrogen-bond donors (Lipinski definition) is 0. The van der Waals surface area contributed by atoms with E-state index in [1.807, 2.05) is 0 Å². The Kier molecular flexibility index (Phi) is 3.87. The minimum absolute atomic E-state index is 0.112. The zero-order valence-electron chi connectivity index (χ0n) is 12.8. The van der Waals surface area contributed by atoms with Crippen LogP contribution in [0.5, 0.6) is 0 Å². The average Bonchev–Trinajstić information content (AvgIpc) is 2.22. The highest BCUT2D eigenvalue weighted by molar-refractivity contribution is 7.04. The van der Waals surface area contributed by atoms with Crippen LogP contribution in [0.25, 0.3) is 0 Å². The first-order chi connectivity index (χ1) is 8.64. The van der Waals surface area contributed by atoms with Crippen LogP contribution in [0.1, 0.15) is 53.3 Å². The minimum atomic E-state index is -1.54. The molecule has 2 nitrogen and oxygen atoms in total. The Morgan fingerprint density at radius 2 is 1.32 bits per heavy atom. The fourth-order valence-electron chi connectivity index (χ4n) is 2.75.